The molecule has 1 saturated carbocycles. The average molecular weight is 155 g/mol. The Kier molecular flexibility index (Phi) is 2.33. The van der Waals surface area contributed by atoms with Crippen molar-refractivity contribution < 1.29 is 4.79 Å². The summed E-state index contributed by atoms with van der Waals surface area (Å²) in [7, 11) is 0. The Labute approximate surface area is 68.4 Å². The van der Waals surface area contributed by atoms with Crippen LogP contribution in [0.2, 0.25) is 0 Å². The molecule has 2 nitrogen and oxygen atoms in total. The van der Waals surface area contributed by atoms with Crippen LogP contribution < -0.4 is 5.32 Å². The fourth-order valence-electron chi connectivity index (χ4n) is 2.06. The summed E-state index contributed by atoms with van der Waals surface area (Å²) in [5.74, 6) is 2.03. The van der Waals surface area contributed by atoms with E-state index < -0.39 is 0 Å². The van der Waals surface area contributed by atoms with Crippen molar-refractivity contribution >= 4 is 6.29 Å². The number of nitrogens with one attached hydrogen (secondary N) is 1. The van der Waals surface area contributed by atoms with Crippen LogP contribution in [0.4, 0.5) is 0 Å². The van der Waals surface area contributed by atoms with Gasteiger partial charge in [-0.2, -0.15) is 0 Å². The molecule has 1 heterocycles. The third-order valence-electron chi connectivity index (χ3n) is 3.02. The van der Waals surface area contributed by atoms with Gasteiger partial charge in [0, 0.05) is 0 Å². The standard InChI is InChI=1S/C7H13N.C2H4O/c1-7(2)5-3-8-4-6(5)7;1-2-3/h5-6,8H,3-4H2,1-2H3;2H,1H3. The second-order valence-electron chi connectivity index (χ2n) is 3.93. The van der Waals surface area contributed by atoms with Gasteiger partial charge in [-0.25, -0.2) is 0 Å². The summed E-state index contributed by atoms with van der Waals surface area (Å²) in [6, 6.07) is 0. The van der Waals surface area contributed by atoms with Crippen LogP contribution in [0.5, 0.6) is 0 Å². The topological polar surface area (TPSA) is 29.1 Å². The van der Waals surface area contributed by atoms with Crippen molar-refractivity contribution in [3.05, 3.63) is 0 Å². The van der Waals surface area contributed by atoms with Gasteiger partial charge in [0.05, 0.1) is 0 Å². The number of carbonyl (C=O) groups is 1. The van der Waals surface area contributed by atoms with Gasteiger partial charge in [-0.05, 0) is 37.3 Å². The van der Waals surface area contributed by atoms with E-state index in [1.807, 2.05) is 0 Å². The lowest BCUT2D eigenvalue weighted by atomic mass is 10.1. The zero-order valence-corrected chi connectivity index (χ0v) is 7.55. The lowest BCUT2D eigenvalue weighted by Crippen LogP contribution is -2.17. The minimum atomic E-state index is 0.700. The molecule has 0 amide bonds. The van der Waals surface area contributed by atoms with Gasteiger partial charge in [0.25, 0.3) is 0 Å². The van der Waals surface area contributed by atoms with Crippen molar-refractivity contribution in [3.8, 4) is 0 Å². The molecule has 1 N–H and O–H groups in total. The Morgan fingerprint density at radius 2 is 1.73 bits per heavy atom. The number of hydrogen-bond acceptors (Lipinski definition) is 2. The highest BCUT2D eigenvalue weighted by Gasteiger charge is 2.59. The smallest absolute Gasteiger partial charge is 0.116 e. The van der Waals surface area contributed by atoms with Crippen molar-refractivity contribution in [3.63, 3.8) is 0 Å². The van der Waals surface area contributed by atoms with Crippen LogP contribution in [-0.4, -0.2) is 19.4 Å². The molecule has 64 valence electrons. The number of piperidine rings is 1. The molecule has 0 aromatic rings. The zero-order valence-electron chi connectivity index (χ0n) is 7.55. The van der Waals surface area contributed by atoms with E-state index >= 15 is 0 Å². The molecule has 1 saturated heterocycles. The molecule has 2 unspecified atom stereocenters. The molecule has 0 radical (unpaired) electrons. The third kappa shape index (κ3) is 1.45. The molecule has 2 aliphatic rings. The molecule has 1 aliphatic carbocycles. The van der Waals surface area contributed by atoms with E-state index in [9.17, 15) is 0 Å². The first-order chi connectivity index (χ1) is 5.14. The largest absolute Gasteiger partial charge is 0.316 e. The number of fused-ring (bicyclic) bond motifs is 1. The minimum Gasteiger partial charge on any atom is -0.316 e. The van der Waals surface area contributed by atoms with Crippen LogP contribution in [0.15, 0.2) is 0 Å². The van der Waals surface area contributed by atoms with E-state index in [0.717, 1.165) is 18.1 Å². The maximum absolute atomic E-state index is 8.81. The Morgan fingerprint density at radius 1 is 1.36 bits per heavy atom. The normalized spacial score (nSPS) is 36.6. The highest BCUT2D eigenvalue weighted by molar-refractivity contribution is 5.44. The van der Waals surface area contributed by atoms with Gasteiger partial charge in [0.2, 0.25) is 0 Å². The van der Waals surface area contributed by atoms with Crippen LogP contribution in [0, 0.1) is 17.3 Å². The van der Waals surface area contributed by atoms with Crippen LogP contribution >= 0.6 is 0 Å². The van der Waals surface area contributed by atoms with E-state index in [4.69, 9.17) is 4.79 Å². The van der Waals surface area contributed by atoms with Gasteiger partial charge in [-0.1, -0.05) is 13.8 Å². The maximum Gasteiger partial charge on any atom is 0.116 e. The molecule has 2 heteroatoms. The molecule has 0 bridgehead atoms. The van der Waals surface area contributed by atoms with Crippen molar-refractivity contribution in [2.24, 2.45) is 17.3 Å². The van der Waals surface area contributed by atoms with Gasteiger partial charge in [0.15, 0.2) is 0 Å². The van der Waals surface area contributed by atoms with E-state index in [2.05, 4.69) is 19.2 Å². The Bertz CT molecular complexity index is 142. The highest BCUT2D eigenvalue weighted by atomic mass is 16.1. The zero-order chi connectivity index (χ0) is 8.48. The Hall–Kier alpha value is -0.370. The van der Waals surface area contributed by atoms with Gasteiger partial charge >= 0.3 is 0 Å². The highest BCUT2D eigenvalue weighted by Crippen LogP contribution is 2.59. The lowest BCUT2D eigenvalue weighted by Gasteiger charge is -2.06. The van der Waals surface area contributed by atoms with Crippen molar-refractivity contribution in [2.45, 2.75) is 20.8 Å². The molecule has 2 fully saturated rings. The van der Waals surface area contributed by atoms with Crippen molar-refractivity contribution in [1.82, 2.24) is 5.32 Å². The van der Waals surface area contributed by atoms with Crippen molar-refractivity contribution in [2.75, 3.05) is 13.1 Å². The number of aldehydes is 1. The molecule has 0 spiro atoms. The summed E-state index contributed by atoms with van der Waals surface area (Å²) >= 11 is 0. The van der Waals surface area contributed by atoms with Gasteiger partial charge in [0.1, 0.15) is 6.29 Å². The fraction of sp³-hybridized carbons (Fsp3) is 0.889. The monoisotopic (exact) mass is 155 g/mol. The van der Waals surface area contributed by atoms with Crippen LogP contribution in [0.1, 0.15) is 20.8 Å². The average Bonchev–Trinajstić information content (AvgIpc) is 2.30. The molecule has 2 rings (SSSR count). The number of rotatable bonds is 0. The second-order valence-corrected chi connectivity index (χ2v) is 3.93. The SMILES string of the molecule is CC1(C)C2CNCC21.CC=O. The molecule has 11 heavy (non-hydrogen) atoms. The predicted octanol–water partition coefficient (Wildman–Crippen LogP) is 1.07. The second kappa shape index (κ2) is 2.94. The van der Waals surface area contributed by atoms with Crippen molar-refractivity contribution in [1.29, 1.82) is 0 Å². The van der Waals surface area contributed by atoms with Crippen LogP contribution in [0.3, 0.4) is 0 Å². The van der Waals surface area contributed by atoms with E-state index in [0.29, 0.717) is 5.41 Å². The van der Waals surface area contributed by atoms with Gasteiger partial charge in [-0.15, -0.1) is 0 Å². The summed E-state index contributed by atoms with van der Waals surface area (Å²) in [5.41, 5.74) is 0.700. The van der Waals surface area contributed by atoms with Gasteiger partial charge in [-0.3, -0.25) is 0 Å². The molecule has 0 aromatic carbocycles. The van der Waals surface area contributed by atoms with Crippen LogP contribution in [0.25, 0.3) is 0 Å². The van der Waals surface area contributed by atoms with E-state index in [1.165, 1.54) is 20.0 Å². The molecular weight excluding hydrogens is 138 g/mol. The molecule has 2 atom stereocenters. The summed E-state index contributed by atoms with van der Waals surface area (Å²) < 4.78 is 0. The van der Waals surface area contributed by atoms with Gasteiger partial charge < -0.3 is 10.1 Å². The summed E-state index contributed by atoms with van der Waals surface area (Å²) in [6.45, 7) is 8.75. The Morgan fingerprint density at radius 3 is 1.91 bits per heavy atom. The quantitative estimate of drug-likeness (QED) is 0.530. The maximum atomic E-state index is 8.81. The number of hydrogen-bond donors (Lipinski definition) is 1. The van der Waals surface area contributed by atoms with Crippen LogP contribution in [-0.2, 0) is 4.79 Å². The third-order valence-corrected chi connectivity index (χ3v) is 3.02. The molecule has 0 aromatic heterocycles. The molecule has 1 aliphatic heterocycles. The first-order valence-electron chi connectivity index (χ1n) is 4.25. The summed E-state index contributed by atoms with van der Waals surface area (Å²) in [4.78, 5) is 8.81. The Balaban J connectivity index is 0.000000179. The fourth-order valence-corrected chi connectivity index (χ4v) is 2.06. The molecular formula is C9H17NO. The lowest BCUT2D eigenvalue weighted by molar-refractivity contribution is -0.106. The predicted molar refractivity (Wildman–Crippen MR) is 45.4 cm³/mol. The number of carbonyl (C=O) groups excluding carboxylic acids is 1. The summed E-state index contributed by atoms with van der Waals surface area (Å²) in [6.07, 6.45) is 0.750. The minimum absolute atomic E-state index is 0.700. The van der Waals surface area contributed by atoms with E-state index in [-0.39, 0.29) is 0 Å². The first-order valence-corrected chi connectivity index (χ1v) is 4.25. The van der Waals surface area contributed by atoms with E-state index in [1.54, 1.807) is 0 Å². The first kappa shape index (κ1) is 8.72. The summed E-state index contributed by atoms with van der Waals surface area (Å²) in [5, 5.41) is 3.38.